The van der Waals surface area contributed by atoms with Crippen molar-refractivity contribution in [1.29, 1.82) is 0 Å². The Hall–Kier alpha value is -0.800. The summed E-state index contributed by atoms with van der Waals surface area (Å²) in [4.78, 5) is 2.66. The fraction of sp³-hybridized carbons (Fsp3) is 0.765. The molecular formula is C17H28N2O. The highest BCUT2D eigenvalue weighted by Crippen LogP contribution is 2.38. The number of fused-ring (bicyclic) bond motifs is 2. The lowest BCUT2D eigenvalue weighted by Crippen LogP contribution is -2.31. The van der Waals surface area contributed by atoms with Crippen LogP contribution in [0.4, 0.5) is 0 Å². The molecule has 0 aromatic carbocycles. The van der Waals surface area contributed by atoms with Crippen molar-refractivity contribution in [3.8, 4) is 0 Å². The summed E-state index contributed by atoms with van der Waals surface area (Å²) in [6.07, 6.45) is 4.29. The SMILES string of the molecule is Cc1oc(CNCC(C)C)cc1CN1CC2CCC1C2. The van der Waals surface area contributed by atoms with Crippen molar-refractivity contribution in [2.24, 2.45) is 11.8 Å². The van der Waals surface area contributed by atoms with Crippen LogP contribution in [0.25, 0.3) is 0 Å². The Balaban J connectivity index is 1.55. The Morgan fingerprint density at radius 2 is 2.25 bits per heavy atom. The minimum atomic E-state index is 0.686. The van der Waals surface area contributed by atoms with E-state index in [9.17, 15) is 0 Å². The Morgan fingerprint density at radius 1 is 1.40 bits per heavy atom. The molecule has 1 N–H and O–H groups in total. The Morgan fingerprint density at radius 3 is 2.90 bits per heavy atom. The molecular weight excluding hydrogens is 248 g/mol. The van der Waals surface area contributed by atoms with E-state index in [1.165, 1.54) is 31.4 Å². The number of hydrogen-bond acceptors (Lipinski definition) is 3. The molecule has 0 spiro atoms. The van der Waals surface area contributed by atoms with E-state index in [0.29, 0.717) is 5.92 Å². The van der Waals surface area contributed by atoms with Crippen molar-refractivity contribution in [3.05, 3.63) is 23.2 Å². The zero-order chi connectivity index (χ0) is 14.1. The van der Waals surface area contributed by atoms with Gasteiger partial charge < -0.3 is 9.73 Å². The first-order chi connectivity index (χ1) is 9.61. The van der Waals surface area contributed by atoms with E-state index in [2.05, 4.69) is 37.1 Å². The van der Waals surface area contributed by atoms with Crippen molar-refractivity contribution in [2.45, 2.75) is 59.2 Å². The zero-order valence-corrected chi connectivity index (χ0v) is 13.1. The van der Waals surface area contributed by atoms with Crippen LogP contribution in [0.15, 0.2) is 10.5 Å². The average molecular weight is 276 g/mol. The van der Waals surface area contributed by atoms with Crippen LogP contribution < -0.4 is 5.32 Å². The summed E-state index contributed by atoms with van der Waals surface area (Å²) < 4.78 is 5.90. The van der Waals surface area contributed by atoms with E-state index in [0.717, 1.165) is 43.1 Å². The topological polar surface area (TPSA) is 28.4 Å². The molecule has 3 rings (SSSR count). The first-order valence-electron chi connectivity index (χ1n) is 8.14. The summed E-state index contributed by atoms with van der Waals surface area (Å²) in [7, 11) is 0. The van der Waals surface area contributed by atoms with Crippen molar-refractivity contribution in [1.82, 2.24) is 10.2 Å². The second-order valence-electron chi connectivity index (χ2n) is 7.08. The molecule has 112 valence electrons. The second-order valence-corrected chi connectivity index (χ2v) is 7.08. The molecule has 2 unspecified atom stereocenters. The van der Waals surface area contributed by atoms with Gasteiger partial charge in [-0.05, 0) is 50.6 Å². The predicted octanol–water partition coefficient (Wildman–Crippen LogP) is 3.32. The molecule has 1 saturated carbocycles. The third kappa shape index (κ3) is 3.09. The second kappa shape index (κ2) is 5.90. The van der Waals surface area contributed by atoms with E-state index >= 15 is 0 Å². The maximum Gasteiger partial charge on any atom is 0.118 e. The van der Waals surface area contributed by atoms with Crippen LogP contribution in [0.1, 0.15) is 50.2 Å². The number of nitrogens with one attached hydrogen (secondary N) is 1. The first kappa shape index (κ1) is 14.2. The van der Waals surface area contributed by atoms with E-state index < -0.39 is 0 Å². The summed E-state index contributed by atoms with van der Waals surface area (Å²) in [5, 5.41) is 3.45. The van der Waals surface area contributed by atoms with E-state index in [1.807, 2.05) is 0 Å². The quantitative estimate of drug-likeness (QED) is 0.864. The van der Waals surface area contributed by atoms with Gasteiger partial charge in [0.2, 0.25) is 0 Å². The highest BCUT2D eigenvalue weighted by molar-refractivity contribution is 5.21. The number of rotatable bonds is 6. The molecule has 2 atom stereocenters. The summed E-state index contributed by atoms with van der Waals surface area (Å²) in [6, 6.07) is 3.10. The molecule has 2 aliphatic rings. The van der Waals surface area contributed by atoms with Crippen LogP contribution in [0.3, 0.4) is 0 Å². The summed E-state index contributed by atoms with van der Waals surface area (Å²) in [5.41, 5.74) is 1.39. The fourth-order valence-electron chi connectivity index (χ4n) is 3.75. The molecule has 0 amide bonds. The molecule has 3 heteroatoms. The third-order valence-electron chi connectivity index (χ3n) is 4.82. The zero-order valence-electron chi connectivity index (χ0n) is 13.1. The minimum Gasteiger partial charge on any atom is -0.465 e. The number of hydrogen-bond donors (Lipinski definition) is 1. The van der Waals surface area contributed by atoms with Crippen molar-refractivity contribution < 1.29 is 4.42 Å². The molecule has 0 radical (unpaired) electrons. The van der Waals surface area contributed by atoms with Gasteiger partial charge in [-0.3, -0.25) is 4.90 Å². The standard InChI is InChI=1S/C17H28N2O/c1-12(2)8-18-9-17-7-15(13(3)20-17)11-19-10-14-4-5-16(19)6-14/h7,12,14,16,18H,4-6,8-11H2,1-3H3. The Kier molecular flexibility index (Phi) is 4.18. The van der Waals surface area contributed by atoms with Crippen LogP contribution in [-0.4, -0.2) is 24.0 Å². The van der Waals surface area contributed by atoms with Crippen molar-refractivity contribution in [3.63, 3.8) is 0 Å². The Bertz CT molecular complexity index is 452. The fourth-order valence-corrected chi connectivity index (χ4v) is 3.75. The molecule has 1 aliphatic heterocycles. The molecule has 1 aliphatic carbocycles. The van der Waals surface area contributed by atoms with E-state index in [4.69, 9.17) is 4.42 Å². The summed E-state index contributed by atoms with van der Waals surface area (Å²) >= 11 is 0. The van der Waals surface area contributed by atoms with Gasteiger partial charge in [-0.15, -0.1) is 0 Å². The largest absolute Gasteiger partial charge is 0.465 e. The molecule has 3 nitrogen and oxygen atoms in total. The van der Waals surface area contributed by atoms with Crippen LogP contribution in [0, 0.1) is 18.8 Å². The third-order valence-corrected chi connectivity index (χ3v) is 4.82. The predicted molar refractivity (Wildman–Crippen MR) is 81.5 cm³/mol. The van der Waals surface area contributed by atoms with Gasteiger partial charge in [-0.25, -0.2) is 0 Å². The van der Waals surface area contributed by atoms with Gasteiger partial charge in [0.1, 0.15) is 11.5 Å². The highest BCUT2D eigenvalue weighted by Gasteiger charge is 2.37. The lowest BCUT2D eigenvalue weighted by Gasteiger charge is -2.26. The monoisotopic (exact) mass is 276 g/mol. The first-order valence-corrected chi connectivity index (χ1v) is 8.14. The molecule has 1 aromatic heterocycles. The normalized spacial score (nSPS) is 26.0. The lowest BCUT2D eigenvalue weighted by molar-refractivity contribution is 0.204. The molecule has 20 heavy (non-hydrogen) atoms. The van der Waals surface area contributed by atoms with Crippen LogP contribution >= 0.6 is 0 Å². The highest BCUT2D eigenvalue weighted by atomic mass is 16.3. The smallest absolute Gasteiger partial charge is 0.118 e. The minimum absolute atomic E-state index is 0.686. The van der Waals surface area contributed by atoms with Gasteiger partial charge >= 0.3 is 0 Å². The number of aryl methyl sites for hydroxylation is 1. The number of piperidine rings is 1. The molecule has 1 saturated heterocycles. The molecule has 2 fully saturated rings. The van der Waals surface area contributed by atoms with E-state index in [-0.39, 0.29) is 0 Å². The van der Waals surface area contributed by atoms with Gasteiger partial charge in [0, 0.05) is 24.7 Å². The number of likely N-dealkylation sites (tertiary alicyclic amines) is 1. The summed E-state index contributed by atoms with van der Waals surface area (Å²) in [6.45, 7) is 10.9. The van der Waals surface area contributed by atoms with E-state index in [1.54, 1.807) is 0 Å². The number of furan rings is 1. The van der Waals surface area contributed by atoms with Crippen LogP contribution in [0.5, 0.6) is 0 Å². The average Bonchev–Trinajstić information content (AvgIpc) is 3.06. The van der Waals surface area contributed by atoms with Crippen molar-refractivity contribution >= 4 is 0 Å². The van der Waals surface area contributed by atoms with Gasteiger partial charge in [0.15, 0.2) is 0 Å². The van der Waals surface area contributed by atoms with Crippen molar-refractivity contribution in [2.75, 3.05) is 13.1 Å². The maximum atomic E-state index is 5.90. The van der Waals surface area contributed by atoms with Gasteiger partial charge in [0.25, 0.3) is 0 Å². The van der Waals surface area contributed by atoms with Gasteiger partial charge in [0.05, 0.1) is 6.54 Å². The maximum absolute atomic E-state index is 5.90. The lowest BCUT2D eigenvalue weighted by atomic mass is 10.1. The van der Waals surface area contributed by atoms with Crippen LogP contribution in [0.2, 0.25) is 0 Å². The van der Waals surface area contributed by atoms with Gasteiger partial charge in [-0.2, -0.15) is 0 Å². The molecule has 1 aromatic rings. The summed E-state index contributed by atoms with van der Waals surface area (Å²) in [5.74, 6) is 3.85. The molecule has 2 heterocycles. The number of nitrogens with zero attached hydrogens (tertiary/aromatic N) is 1. The molecule has 2 bridgehead atoms. The van der Waals surface area contributed by atoms with Crippen LogP contribution in [-0.2, 0) is 13.1 Å². The Labute approximate surface area is 122 Å². The van der Waals surface area contributed by atoms with Gasteiger partial charge in [-0.1, -0.05) is 13.8 Å².